The van der Waals surface area contributed by atoms with E-state index in [1.54, 1.807) is 0 Å². The number of nitrogens with zero attached hydrogens (tertiary/aromatic N) is 2. The molecule has 0 atom stereocenters. The minimum atomic E-state index is -0.379. The van der Waals surface area contributed by atoms with Gasteiger partial charge in [-0.3, -0.25) is 0 Å². The number of fused-ring (bicyclic) bond motifs is 3. The maximum Gasteiger partial charge on any atom is 0.336 e. The van der Waals surface area contributed by atoms with Gasteiger partial charge in [0.1, 0.15) is 11.3 Å². The number of benzene rings is 3. The molecule has 6 nitrogen and oxygen atoms in total. The third kappa shape index (κ3) is 4.18. The predicted octanol–water partition coefficient (Wildman–Crippen LogP) is 5.51. The molecular weight excluding hydrogens is 412 g/mol. The molecule has 5 rings (SSSR count). The van der Waals surface area contributed by atoms with Gasteiger partial charge in [0, 0.05) is 17.2 Å². The molecule has 0 aliphatic heterocycles. The summed E-state index contributed by atoms with van der Waals surface area (Å²) in [5.41, 5.74) is 2.17. The van der Waals surface area contributed by atoms with Crippen LogP contribution in [0.1, 0.15) is 17.0 Å². The van der Waals surface area contributed by atoms with E-state index < -0.39 is 0 Å². The molecule has 31 heavy (non-hydrogen) atoms. The van der Waals surface area contributed by atoms with Crippen molar-refractivity contribution in [3.05, 3.63) is 94.2 Å². The zero-order valence-electron chi connectivity index (χ0n) is 16.7. The van der Waals surface area contributed by atoms with Crippen LogP contribution in [0, 0.1) is 6.92 Å². The van der Waals surface area contributed by atoms with Crippen LogP contribution in [0.15, 0.2) is 85.6 Å². The van der Waals surface area contributed by atoms with Crippen molar-refractivity contribution in [3.8, 4) is 5.75 Å². The number of rotatable bonds is 6. The number of hydrogen-bond acceptors (Lipinski definition) is 7. The fourth-order valence-electron chi connectivity index (χ4n) is 3.48. The Morgan fingerprint density at radius 2 is 1.87 bits per heavy atom. The third-order valence-corrected chi connectivity index (χ3v) is 5.73. The van der Waals surface area contributed by atoms with Gasteiger partial charge in [-0.05, 0) is 47.0 Å². The fraction of sp³-hybridized carbons (Fsp3) is 0.125. The van der Waals surface area contributed by atoms with Gasteiger partial charge in [0.15, 0.2) is 6.61 Å². The van der Waals surface area contributed by atoms with E-state index in [-0.39, 0.29) is 12.2 Å². The first-order chi connectivity index (χ1) is 15.2. The molecule has 0 radical (unpaired) electrons. The molecule has 5 aromatic rings. The van der Waals surface area contributed by atoms with E-state index in [2.05, 4.69) is 10.2 Å². The monoisotopic (exact) mass is 430 g/mol. The topological polar surface area (TPSA) is 78.4 Å². The van der Waals surface area contributed by atoms with E-state index >= 15 is 0 Å². The van der Waals surface area contributed by atoms with Crippen molar-refractivity contribution >= 4 is 33.5 Å². The Hall–Kier alpha value is -3.58. The number of aryl methyl sites for hydroxylation is 1. The van der Waals surface area contributed by atoms with Gasteiger partial charge in [-0.25, -0.2) is 4.79 Å². The van der Waals surface area contributed by atoms with Crippen molar-refractivity contribution in [2.75, 3.05) is 0 Å². The minimum absolute atomic E-state index is 0.194. The first-order valence-corrected chi connectivity index (χ1v) is 10.7. The van der Waals surface area contributed by atoms with Gasteiger partial charge in [-0.15, -0.1) is 10.2 Å². The minimum Gasteiger partial charge on any atom is -0.484 e. The van der Waals surface area contributed by atoms with Gasteiger partial charge in [-0.1, -0.05) is 54.2 Å². The van der Waals surface area contributed by atoms with E-state index in [0.717, 1.165) is 33.0 Å². The van der Waals surface area contributed by atoms with Crippen LogP contribution in [-0.4, -0.2) is 10.2 Å². The summed E-state index contributed by atoms with van der Waals surface area (Å²) in [6.45, 7) is 2.20. The Bertz CT molecular complexity index is 1440. The molecule has 0 aliphatic carbocycles. The summed E-state index contributed by atoms with van der Waals surface area (Å²) >= 11 is 1.37. The normalized spacial score (nSPS) is 11.3. The summed E-state index contributed by atoms with van der Waals surface area (Å²) < 4.78 is 16.8. The van der Waals surface area contributed by atoms with Crippen LogP contribution in [0.3, 0.4) is 0 Å². The van der Waals surface area contributed by atoms with Crippen LogP contribution < -0.4 is 10.4 Å². The number of ether oxygens (including phenoxy) is 1. The van der Waals surface area contributed by atoms with E-state index in [0.29, 0.717) is 22.4 Å². The molecule has 0 saturated carbocycles. The van der Waals surface area contributed by atoms with Crippen molar-refractivity contribution in [1.29, 1.82) is 0 Å². The second-order valence-corrected chi connectivity index (χ2v) is 8.03. The van der Waals surface area contributed by atoms with Gasteiger partial charge < -0.3 is 13.6 Å². The molecular formula is C24H18N2O4S. The Balaban J connectivity index is 1.35. The van der Waals surface area contributed by atoms with E-state index in [9.17, 15) is 4.79 Å². The van der Waals surface area contributed by atoms with Crippen LogP contribution in [0.4, 0.5) is 0 Å². The lowest BCUT2D eigenvalue weighted by Crippen LogP contribution is -2.00. The van der Waals surface area contributed by atoms with Crippen molar-refractivity contribution in [2.45, 2.75) is 24.5 Å². The van der Waals surface area contributed by atoms with E-state index in [1.165, 1.54) is 17.8 Å². The highest BCUT2D eigenvalue weighted by Crippen LogP contribution is 2.31. The van der Waals surface area contributed by atoms with Crippen LogP contribution >= 0.6 is 11.8 Å². The first kappa shape index (κ1) is 19.4. The highest BCUT2D eigenvalue weighted by molar-refractivity contribution is 7.98. The fourth-order valence-corrected chi connectivity index (χ4v) is 4.24. The zero-order valence-corrected chi connectivity index (χ0v) is 17.5. The molecule has 0 bridgehead atoms. The van der Waals surface area contributed by atoms with E-state index in [4.69, 9.17) is 13.6 Å². The average molecular weight is 430 g/mol. The van der Waals surface area contributed by atoms with Gasteiger partial charge in [0.2, 0.25) is 0 Å². The summed E-state index contributed by atoms with van der Waals surface area (Å²) in [5.74, 6) is 1.64. The van der Waals surface area contributed by atoms with Gasteiger partial charge in [0.05, 0.1) is 0 Å². The number of aromatic nitrogens is 2. The molecule has 0 saturated heterocycles. The molecule has 154 valence electrons. The predicted molar refractivity (Wildman–Crippen MR) is 119 cm³/mol. The summed E-state index contributed by atoms with van der Waals surface area (Å²) in [6.07, 6.45) is 0. The molecule has 0 fully saturated rings. The van der Waals surface area contributed by atoms with Gasteiger partial charge in [-0.2, -0.15) is 0 Å². The van der Waals surface area contributed by atoms with Crippen molar-refractivity contribution in [2.24, 2.45) is 0 Å². The largest absolute Gasteiger partial charge is 0.484 e. The molecule has 0 amide bonds. The van der Waals surface area contributed by atoms with Crippen LogP contribution in [-0.2, 0) is 12.4 Å². The second kappa shape index (κ2) is 8.28. The Kier molecular flexibility index (Phi) is 5.18. The Labute approximate surface area is 181 Å². The molecule has 0 unspecified atom stereocenters. The molecule has 3 aromatic carbocycles. The highest BCUT2D eigenvalue weighted by Gasteiger charge is 2.13. The lowest BCUT2D eigenvalue weighted by Gasteiger charge is -2.07. The summed E-state index contributed by atoms with van der Waals surface area (Å²) in [5, 5.41) is 11.6. The molecule has 0 N–H and O–H groups in total. The lowest BCUT2D eigenvalue weighted by atomic mass is 10.0. The van der Waals surface area contributed by atoms with Crippen LogP contribution in [0.5, 0.6) is 5.75 Å². The maximum atomic E-state index is 12.1. The first-order valence-electron chi connectivity index (χ1n) is 9.75. The second-order valence-electron chi connectivity index (χ2n) is 7.11. The number of hydrogen-bond donors (Lipinski definition) is 0. The summed E-state index contributed by atoms with van der Waals surface area (Å²) in [6, 6.07) is 21.1. The van der Waals surface area contributed by atoms with Crippen LogP contribution in [0.25, 0.3) is 21.7 Å². The SMILES string of the molecule is Cc1cccc(OCc2nnc(SCc3cc(=O)oc4ccc5ccccc5c34)o2)c1. The Morgan fingerprint density at radius 1 is 0.968 bits per heavy atom. The molecule has 2 heterocycles. The maximum absolute atomic E-state index is 12.1. The van der Waals surface area contributed by atoms with E-state index in [1.807, 2.05) is 67.6 Å². The molecule has 2 aromatic heterocycles. The summed E-state index contributed by atoms with van der Waals surface area (Å²) in [7, 11) is 0. The average Bonchev–Trinajstić information content (AvgIpc) is 3.23. The third-order valence-electron chi connectivity index (χ3n) is 4.87. The van der Waals surface area contributed by atoms with Crippen molar-refractivity contribution in [3.63, 3.8) is 0 Å². The quantitative estimate of drug-likeness (QED) is 0.200. The Morgan fingerprint density at radius 3 is 2.77 bits per heavy atom. The number of thioether (sulfide) groups is 1. The lowest BCUT2D eigenvalue weighted by molar-refractivity contribution is 0.252. The smallest absolute Gasteiger partial charge is 0.336 e. The highest BCUT2D eigenvalue weighted by atomic mass is 32.2. The standard InChI is InChI=1S/C24H18N2O4S/c1-15-5-4-7-18(11-15)28-13-21-25-26-24(30-21)31-14-17-12-22(27)29-20-10-9-16-6-2-3-8-19(16)23(17)20/h2-12H,13-14H2,1H3. The van der Waals surface area contributed by atoms with Gasteiger partial charge in [0.25, 0.3) is 11.1 Å². The molecule has 7 heteroatoms. The van der Waals surface area contributed by atoms with Gasteiger partial charge >= 0.3 is 5.63 Å². The zero-order chi connectivity index (χ0) is 21.2. The van der Waals surface area contributed by atoms with Crippen LogP contribution in [0.2, 0.25) is 0 Å². The van der Waals surface area contributed by atoms with Crippen molar-refractivity contribution < 1.29 is 13.6 Å². The molecule has 0 spiro atoms. The summed E-state index contributed by atoms with van der Waals surface area (Å²) in [4.78, 5) is 12.1. The molecule has 0 aliphatic rings. The van der Waals surface area contributed by atoms with Crippen molar-refractivity contribution in [1.82, 2.24) is 10.2 Å².